The second-order valence-electron chi connectivity index (χ2n) is 6.05. The van der Waals surface area contributed by atoms with Crippen molar-refractivity contribution in [1.82, 2.24) is 25.7 Å². The Morgan fingerprint density at radius 1 is 1.19 bits per heavy atom. The van der Waals surface area contributed by atoms with Crippen LogP contribution in [0.1, 0.15) is 27.2 Å². The lowest BCUT2D eigenvalue weighted by Gasteiger charge is -2.16. The molecule has 3 aromatic rings. The molecule has 0 fully saturated rings. The van der Waals surface area contributed by atoms with Gasteiger partial charge in [-0.15, -0.1) is 20.4 Å². The monoisotopic (exact) mass is 443 g/mol. The SMILES string of the molecule is [2H]C([2H])([2H])NC(=O)c1nnc(Cl)cc1Nc1cccc(-c2ccc(C(=C)OCC)nn2)c1OC. The van der Waals surface area contributed by atoms with E-state index in [1.54, 1.807) is 30.3 Å². The molecule has 1 amide bonds. The van der Waals surface area contributed by atoms with Crippen molar-refractivity contribution < 1.29 is 18.4 Å². The lowest BCUT2D eigenvalue weighted by atomic mass is 10.1. The van der Waals surface area contributed by atoms with Crippen LogP contribution in [-0.4, -0.2) is 47.0 Å². The maximum atomic E-state index is 12.4. The van der Waals surface area contributed by atoms with E-state index in [4.69, 9.17) is 25.2 Å². The summed E-state index contributed by atoms with van der Waals surface area (Å²) >= 11 is 5.96. The normalized spacial score (nSPS) is 12.2. The first kappa shape index (κ1) is 18.1. The van der Waals surface area contributed by atoms with Gasteiger partial charge in [0.05, 0.1) is 30.8 Å². The van der Waals surface area contributed by atoms with E-state index in [1.807, 2.05) is 12.2 Å². The number of amides is 1. The number of benzene rings is 1. The van der Waals surface area contributed by atoms with Gasteiger partial charge in [-0.25, -0.2) is 0 Å². The topological polar surface area (TPSA) is 111 Å². The Labute approximate surface area is 188 Å². The highest BCUT2D eigenvalue weighted by atomic mass is 35.5. The molecule has 0 radical (unpaired) electrons. The van der Waals surface area contributed by atoms with Crippen LogP contribution in [0.25, 0.3) is 17.0 Å². The molecule has 3 rings (SSSR count). The van der Waals surface area contributed by atoms with Crippen molar-refractivity contribution in [2.24, 2.45) is 0 Å². The number of nitrogens with zero attached hydrogens (tertiary/aromatic N) is 4. The minimum atomic E-state index is -2.70. The predicted molar refractivity (Wildman–Crippen MR) is 118 cm³/mol. The molecule has 0 unspecified atom stereocenters. The van der Waals surface area contributed by atoms with Gasteiger partial charge in [0.25, 0.3) is 5.91 Å². The highest BCUT2D eigenvalue weighted by Gasteiger charge is 2.18. The van der Waals surface area contributed by atoms with Crippen molar-refractivity contribution >= 4 is 34.6 Å². The van der Waals surface area contributed by atoms with Crippen LogP contribution in [-0.2, 0) is 4.74 Å². The van der Waals surface area contributed by atoms with Crippen molar-refractivity contribution in [3.63, 3.8) is 0 Å². The number of carbonyl (C=O) groups is 1. The van der Waals surface area contributed by atoms with Gasteiger partial charge in [0.15, 0.2) is 16.6 Å². The lowest BCUT2D eigenvalue weighted by molar-refractivity contribution is 0.0958. The van der Waals surface area contributed by atoms with Gasteiger partial charge >= 0.3 is 0 Å². The van der Waals surface area contributed by atoms with Crippen molar-refractivity contribution in [3.05, 3.63) is 59.5 Å². The van der Waals surface area contributed by atoms with Crippen LogP contribution in [0.4, 0.5) is 11.4 Å². The van der Waals surface area contributed by atoms with Gasteiger partial charge in [-0.2, -0.15) is 0 Å². The van der Waals surface area contributed by atoms with Crippen LogP contribution >= 0.6 is 11.6 Å². The number of ether oxygens (including phenoxy) is 2. The molecule has 0 aliphatic heterocycles. The number of nitrogens with one attached hydrogen (secondary N) is 2. The molecule has 2 N–H and O–H groups in total. The summed E-state index contributed by atoms with van der Waals surface area (Å²) in [6, 6.07) is 10.0. The van der Waals surface area contributed by atoms with Gasteiger partial charge in [0, 0.05) is 22.7 Å². The van der Waals surface area contributed by atoms with Crippen LogP contribution in [0.15, 0.2) is 43.0 Å². The molecular weight excluding hydrogens is 420 g/mol. The smallest absolute Gasteiger partial charge is 0.273 e. The van der Waals surface area contributed by atoms with Crippen LogP contribution in [0.3, 0.4) is 0 Å². The quantitative estimate of drug-likeness (QED) is 0.507. The maximum absolute atomic E-state index is 12.4. The van der Waals surface area contributed by atoms with Crippen molar-refractivity contribution in [2.45, 2.75) is 6.92 Å². The number of hydrogen-bond donors (Lipinski definition) is 2. The molecule has 1 aromatic carbocycles. The van der Waals surface area contributed by atoms with Crippen LogP contribution in [0, 0.1) is 0 Å². The Morgan fingerprint density at radius 2 is 2.03 bits per heavy atom. The molecule has 10 heteroatoms. The fourth-order valence-electron chi connectivity index (χ4n) is 2.77. The lowest BCUT2D eigenvalue weighted by Crippen LogP contribution is -2.21. The first-order valence-electron chi connectivity index (χ1n) is 10.6. The zero-order chi connectivity index (χ0) is 24.9. The van der Waals surface area contributed by atoms with E-state index in [9.17, 15) is 4.79 Å². The molecule has 2 heterocycles. The van der Waals surface area contributed by atoms with Gasteiger partial charge in [-0.05, 0) is 31.2 Å². The van der Waals surface area contributed by atoms with E-state index in [0.29, 0.717) is 40.8 Å². The maximum Gasteiger partial charge on any atom is 0.273 e. The third-order valence-corrected chi connectivity index (χ3v) is 4.31. The van der Waals surface area contributed by atoms with Gasteiger partial charge < -0.3 is 20.1 Å². The molecule has 0 saturated heterocycles. The molecule has 0 atom stereocenters. The fraction of sp³-hybridized carbons (Fsp3) is 0.190. The van der Waals surface area contributed by atoms with Gasteiger partial charge in [-0.1, -0.05) is 24.2 Å². The van der Waals surface area contributed by atoms with E-state index in [0.717, 1.165) is 0 Å². The number of para-hydroxylation sites is 1. The molecule has 9 nitrogen and oxygen atoms in total. The second-order valence-corrected chi connectivity index (χ2v) is 6.44. The van der Waals surface area contributed by atoms with Gasteiger partial charge in [0.2, 0.25) is 0 Å². The summed E-state index contributed by atoms with van der Waals surface area (Å²) < 4.78 is 32.7. The highest BCUT2D eigenvalue weighted by molar-refractivity contribution is 6.29. The van der Waals surface area contributed by atoms with Crippen molar-refractivity contribution in [3.8, 4) is 17.0 Å². The summed E-state index contributed by atoms with van der Waals surface area (Å²) in [5, 5.41) is 20.7. The van der Waals surface area contributed by atoms with Gasteiger partial charge in [0.1, 0.15) is 11.5 Å². The Balaban J connectivity index is 1.98. The van der Waals surface area contributed by atoms with Crippen molar-refractivity contribution in [1.29, 1.82) is 0 Å². The van der Waals surface area contributed by atoms with Crippen LogP contribution in [0.5, 0.6) is 5.75 Å². The van der Waals surface area contributed by atoms with E-state index >= 15 is 0 Å². The molecule has 160 valence electrons. The summed E-state index contributed by atoms with van der Waals surface area (Å²) in [5.41, 5.74) is 1.94. The third kappa shape index (κ3) is 4.89. The van der Waals surface area contributed by atoms with Gasteiger partial charge in [-0.3, -0.25) is 4.79 Å². The molecule has 0 bridgehead atoms. The summed E-state index contributed by atoms with van der Waals surface area (Å²) in [6.45, 7) is 3.42. The molecule has 31 heavy (non-hydrogen) atoms. The molecule has 0 aliphatic carbocycles. The number of hydrogen-bond acceptors (Lipinski definition) is 8. The fourth-order valence-corrected chi connectivity index (χ4v) is 2.91. The first-order valence-corrected chi connectivity index (χ1v) is 9.46. The summed E-state index contributed by atoms with van der Waals surface area (Å²) in [5.74, 6) is -0.144. The number of halogens is 1. The zero-order valence-electron chi connectivity index (χ0n) is 19.8. The number of methoxy groups -OCH3 is 1. The van der Waals surface area contributed by atoms with E-state index < -0.39 is 12.9 Å². The Kier molecular flexibility index (Phi) is 5.75. The van der Waals surface area contributed by atoms with E-state index in [2.05, 4.69) is 32.3 Å². The molecule has 2 aromatic heterocycles. The first-order chi connectivity index (χ1) is 16.1. The number of carbonyl (C=O) groups excluding carboxylic acids is 1. The van der Waals surface area contributed by atoms with E-state index in [-0.39, 0.29) is 16.5 Å². The van der Waals surface area contributed by atoms with E-state index in [1.165, 1.54) is 13.2 Å². The Morgan fingerprint density at radius 3 is 2.71 bits per heavy atom. The summed E-state index contributed by atoms with van der Waals surface area (Å²) in [6.07, 6.45) is 0. The number of rotatable bonds is 8. The molecule has 0 aliphatic rings. The number of anilines is 2. The van der Waals surface area contributed by atoms with Crippen molar-refractivity contribution in [2.75, 3.05) is 26.0 Å². The molecule has 0 spiro atoms. The average Bonchev–Trinajstić information content (AvgIpc) is 2.78. The largest absolute Gasteiger partial charge is 0.494 e. The third-order valence-electron chi connectivity index (χ3n) is 4.13. The van der Waals surface area contributed by atoms with Crippen LogP contribution < -0.4 is 15.4 Å². The second kappa shape index (κ2) is 9.86. The minimum absolute atomic E-state index is 0.000891. The minimum Gasteiger partial charge on any atom is -0.494 e. The number of aromatic nitrogens is 4. The average molecular weight is 444 g/mol. The molecular formula is C21H21ClN6O3. The Hall–Kier alpha value is -3.72. The molecule has 0 saturated carbocycles. The zero-order valence-corrected chi connectivity index (χ0v) is 17.5. The Bertz CT molecular complexity index is 1210. The van der Waals surface area contributed by atoms with Crippen LogP contribution in [0.2, 0.25) is 5.15 Å². The standard InChI is InChI=1S/C21H21ClN6O3/c1-5-31-12(2)14-9-10-15(26-25-14)13-7-6-8-16(20(13)30-4)24-17-11-18(22)27-28-19(17)21(29)23-3/h6-11H,2,5H2,1,3-4H3,(H,23,29)(H,24,27)/i3D3. The highest BCUT2D eigenvalue weighted by Crippen LogP contribution is 2.37. The summed E-state index contributed by atoms with van der Waals surface area (Å²) in [7, 11) is 1.47. The predicted octanol–water partition coefficient (Wildman–Crippen LogP) is 3.71. The summed E-state index contributed by atoms with van der Waals surface area (Å²) in [4.78, 5) is 12.4.